The Balaban J connectivity index is 1.58. The second kappa shape index (κ2) is 5.22. The van der Waals surface area contributed by atoms with Crippen LogP contribution in [-0.4, -0.2) is 0 Å². The lowest BCUT2D eigenvalue weighted by molar-refractivity contribution is 0.419. The number of anilines is 1. The Labute approximate surface area is 127 Å². The minimum Gasteiger partial charge on any atom is -0.378 e. The molecule has 2 unspecified atom stereocenters. The summed E-state index contributed by atoms with van der Waals surface area (Å²) in [6.07, 6.45) is 5.33. The average Bonchev–Trinajstić information content (AvgIpc) is 2.46. The largest absolute Gasteiger partial charge is 0.378 e. The molecule has 1 heteroatoms. The molecule has 1 N–H and O–H groups in total. The van der Waals surface area contributed by atoms with E-state index < -0.39 is 0 Å². The number of rotatable bonds is 2. The van der Waals surface area contributed by atoms with Crippen LogP contribution in [0, 0.1) is 5.92 Å². The summed E-state index contributed by atoms with van der Waals surface area (Å²) in [5, 5.41) is 3.74. The van der Waals surface area contributed by atoms with E-state index in [0.717, 1.165) is 12.3 Å². The van der Waals surface area contributed by atoms with Gasteiger partial charge in [-0.2, -0.15) is 0 Å². The maximum Gasteiger partial charge on any atom is 0.0542 e. The molecule has 0 spiro atoms. The van der Waals surface area contributed by atoms with E-state index in [1.165, 1.54) is 41.6 Å². The number of benzene rings is 2. The van der Waals surface area contributed by atoms with Gasteiger partial charge in [-0.3, -0.25) is 0 Å². The number of hydrogen-bond acceptors (Lipinski definition) is 1. The van der Waals surface area contributed by atoms with Crippen molar-refractivity contribution in [2.75, 3.05) is 5.32 Å². The summed E-state index contributed by atoms with van der Waals surface area (Å²) in [6.45, 7) is 2.35. The van der Waals surface area contributed by atoms with Gasteiger partial charge in [-0.25, -0.2) is 0 Å². The maximum absolute atomic E-state index is 3.74. The van der Waals surface area contributed by atoms with Gasteiger partial charge in [-0.15, -0.1) is 0 Å². The molecule has 0 bridgehead atoms. The lowest BCUT2D eigenvalue weighted by atomic mass is 9.79. The first-order valence-corrected chi connectivity index (χ1v) is 8.25. The number of fused-ring (bicyclic) bond motifs is 1. The molecule has 1 heterocycles. The Morgan fingerprint density at radius 3 is 2.33 bits per heavy atom. The van der Waals surface area contributed by atoms with Crippen molar-refractivity contribution >= 4 is 5.69 Å². The summed E-state index contributed by atoms with van der Waals surface area (Å²) >= 11 is 0. The molecule has 1 aliphatic heterocycles. The third-order valence-electron chi connectivity index (χ3n) is 5.31. The van der Waals surface area contributed by atoms with Crippen LogP contribution < -0.4 is 5.32 Å². The van der Waals surface area contributed by atoms with Crippen molar-refractivity contribution in [3.63, 3.8) is 0 Å². The summed E-state index contributed by atoms with van der Waals surface area (Å²) in [5.41, 5.74) is 5.73. The molecule has 2 atom stereocenters. The van der Waals surface area contributed by atoms with Crippen molar-refractivity contribution < 1.29 is 0 Å². The summed E-state index contributed by atoms with van der Waals surface area (Å²) in [6, 6.07) is 18.6. The standard InChI is InChI=1S/C20H23N/c1-14-13-18-5-2-3-8-19(18)21-20(14)17-11-9-16(10-12-17)15-6-4-7-15/h2-3,5,8-12,14-15,20-21H,4,6-7,13H2,1H3. The van der Waals surface area contributed by atoms with Gasteiger partial charge in [0.25, 0.3) is 0 Å². The van der Waals surface area contributed by atoms with Gasteiger partial charge in [0.1, 0.15) is 0 Å². The van der Waals surface area contributed by atoms with Gasteiger partial charge in [0.15, 0.2) is 0 Å². The molecule has 2 aromatic rings. The van der Waals surface area contributed by atoms with E-state index in [2.05, 4.69) is 60.8 Å². The van der Waals surface area contributed by atoms with Gasteiger partial charge in [-0.1, -0.05) is 55.8 Å². The predicted octanol–water partition coefficient (Wildman–Crippen LogP) is 5.30. The van der Waals surface area contributed by atoms with E-state index in [0.29, 0.717) is 12.0 Å². The van der Waals surface area contributed by atoms with Gasteiger partial charge in [0, 0.05) is 5.69 Å². The molecule has 1 aliphatic carbocycles. The summed E-state index contributed by atoms with van der Waals surface area (Å²) in [5.74, 6) is 1.46. The Morgan fingerprint density at radius 2 is 1.62 bits per heavy atom. The second-order valence-corrected chi connectivity index (χ2v) is 6.76. The monoisotopic (exact) mass is 277 g/mol. The third-order valence-corrected chi connectivity index (χ3v) is 5.31. The molecule has 0 saturated heterocycles. The fraction of sp³-hybridized carbons (Fsp3) is 0.400. The molecular weight excluding hydrogens is 254 g/mol. The fourth-order valence-corrected chi connectivity index (χ4v) is 3.74. The highest BCUT2D eigenvalue weighted by atomic mass is 14.9. The van der Waals surface area contributed by atoms with Crippen molar-refractivity contribution in [3.05, 3.63) is 65.2 Å². The van der Waals surface area contributed by atoms with E-state index in [4.69, 9.17) is 0 Å². The normalized spacial score (nSPS) is 24.8. The first-order valence-electron chi connectivity index (χ1n) is 8.25. The SMILES string of the molecule is CC1Cc2ccccc2NC1c1ccc(C2CCC2)cc1. The Morgan fingerprint density at radius 1 is 0.905 bits per heavy atom. The van der Waals surface area contributed by atoms with Crippen LogP contribution in [0.5, 0.6) is 0 Å². The third kappa shape index (κ3) is 2.35. The molecule has 2 aromatic carbocycles. The molecular formula is C20H23N. The van der Waals surface area contributed by atoms with E-state index in [9.17, 15) is 0 Å². The molecule has 21 heavy (non-hydrogen) atoms. The molecule has 108 valence electrons. The van der Waals surface area contributed by atoms with Crippen LogP contribution in [0.3, 0.4) is 0 Å². The molecule has 1 fully saturated rings. The quantitative estimate of drug-likeness (QED) is 0.785. The van der Waals surface area contributed by atoms with Crippen LogP contribution in [0.15, 0.2) is 48.5 Å². The topological polar surface area (TPSA) is 12.0 Å². The second-order valence-electron chi connectivity index (χ2n) is 6.76. The highest BCUT2D eigenvalue weighted by Gasteiger charge is 2.26. The number of para-hydroxylation sites is 1. The zero-order valence-corrected chi connectivity index (χ0v) is 12.7. The highest BCUT2D eigenvalue weighted by Crippen LogP contribution is 2.39. The van der Waals surface area contributed by atoms with Gasteiger partial charge in [-0.05, 0) is 53.9 Å². The van der Waals surface area contributed by atoms with Crippen molar-refractivity contribution in [2.45, 2.75) is 44.6 Å². The smallest absolute Gasteiger partial charge is 0.0542 e. The van der Waals surface area contributed by atoms with Crippen LogP contribution >= 0.6 is 0 Å². The highest BCUT2D eigenvalue weighted by molar-refractivity contribution is 5.55. The Hall–Kier alpha value is -1.76. The fourth-order valence-electron chi connectivity index (χ4n) is 3.74. The molecule has 0 aromatic heterocycles. The van der Waals surface area contributed by atoms with Crippen LogP contribution in [0.2, 0.25) is 0 Å². The predicted molar refractivity (Wildman–Crippen MR) is 88.7 cm³/mol. The minimum atomic E-state index is 0.440. The molecule has 1 nitrogen and oxygen atoms in total. The summed E-state index contributed by atoms with van der Waals surface area (Å²) < 4.78 is 0. The number of nitrogens with one attached hydrogen (secondary N) is 1. The van der Waals surface area contributed by atoms with Gasteiger partial charge in [0.05, 0.1) is 6.04 Å². The van der Waals surface area contributed by atoms with E-state index in [1.54, 1.807) is 0 Å². The van der Waals surface area contributed by atoms with Crippen LogP contribution in [-0.2, 0) is 6.42 Å². The molecule has 0 amide bonds. The first-order chi connectivity index (χ1) is 10.3. The van der Waals surface area contributed by atoms with Gasteiger partial charge < -0.3 is 5.32 Å². The van der Waals surface area contributed by atoms with Gasteiger partial charge >= 0.3 is 0 Å². The van der Waals surface area contributed by atoms with Crippen LogP contribution in [0.25, 0.3) is 0 Å². The lowest BCUT2D eigenvalue weighted by Gasteiger charge is -2.33. The van der Waals surface area contributed by atoms with Crippen molar-refractivity contribution in [3.8, 4) is 0 Å². The van der Waals surface area contributed by atoms with Crippen molar-refractivity contribution in [1.82, 2.24) is 0 Å². The molecule has 4 rings (SSSR count). The summed E-state index contributed by atoms with van der Waals surface area (Å²) in [7, 11) is 0. The first kappa shape index (κ1) is 12.9. The van der Waals surface area contributed by atoms with Crippen LogP contribution in [0.4, 0.5) is 5.69 Å². The molecule has 0 radical (unpaired) electrons. The van der Waals surface area contributed by atoms with E-state index in [1.807, 2.05) is 0 Å². The lowest BCUT2D eigenvalue weighted by Crippen LogP contribution is -2.26. The molecule has 1 saturated carbocycles. The minimum absolute atomic E-state index is 0.440. The van der Waals surface area contributed by atoms with Crippen molar-refractivity contribution in [1.29, 1.82) is 0 Å². The maximum atomic E-state index is 3.74. The average molecular weight is 277 g/mol. The Bertz CT molecular complexity index is 625. The van der Waals surface area contributed by atoms with Crippen molar-refractivity contribution in [2.24, 2.45) is 5.92 Å². The zero-order chi connectivity index (χ0) is 14.2. The molecule has 2 aliphatic rings. The van der Waals surface area contributed by atoms with Gasteiger partial charge in [0.2, 0.25) is 0 Å². The Kier molecular flexibility index (Phi) is 3.21. The number of hydrogen-bond donors (Lipinski definition) is 1. The van der Waals surface area contributed by atoms with Crippen LogP contribution in [0.1, 0.15) is 54.8 Å². The van der Waals surface area contributed by atoms with E-state index >= 15 is 0 Å². The summed E-state index contributed by atoms with van der Waals surface area (Å²) in [4.78, 5) is 0. The van der Waals surface area contributed by atoms with E-state index in [-0.39, 0.29) is 0 Å². The zero-order valence-electron chi connectivity index (χ0n) is 12.7.